The first kappa shape index (κ1) is 16.8. The van der Waals surface area contributed by atoms with Crippen LogP contribution in [0.5, 0.6) is 0 Å². The summed E-state index contributed by atoms with van der Waals surface area (Å²) >= 11 is 3.27. The molecule has 0 aliphatic rings. The molecule has 2 heterocycles. The zero-order chi connectivity index (χ0) is 17.0. The second kappa shape index (κ2) is 7.21. The zero-order valence-corrected chi connectivity index (χ0v) is 15.0. The van der Waals surface area contributed by atoms with Crippen LogP contribution in [-0.2, 0) is 16.6 Å². The van der Waals surface area contributed by atoms with Crippen LogP contribution in [0.15, 0.2) is 76.5 Å². The molecular weight excluding hydrogens is 390 g/mol. The molecule has 2 aromatic heterocycles. The van der Waals surface area contributed by atoms with Crippen LogP contribution in [-0.4, -0.2) is 18.4 Å². The predicted octanol–water partition coefficient (Wildman–Crippen LogP) is 3.38. The van der Waals surface area contributed by atoms with Gasteiger partial charge >= 0.3 is 0 Å². The summed E-state index contributed by atoms with van der Waals surface area (Å²) in [5, 5.41) is 0. The lowest BCUT2D eigenvalue weighted by Crippen LogP contribution is -2.24. The van der Waals surface area contributed by atoms with Crippen molar-refractivity contribution in [2.75, 3.05) is 0 Å². The average molecular weight is 404 g/mol. The van der Waals surface area contributed by atoms with Gasteiger partial charge in [-0.3, -0.25) is 9.97 Å². The number of sulfonamides is 1. The summed E-state index contributed by atoms with van der Waals surface area (Å²) in [6.07, 6.45) is 5.06. The van der Waals surface area contributed by atoms with Gasteiger partial charge in [0.15, 0.2) is 0 Å². The Bertz CT molecular complexity index is 947. The van der Waals surface area contributed by atoms with E-state index >= 15 is 0 Å². The average Bonchev–Trinajstić information content (AvgIpc) is 2.61. The lowest BCUT2D eigenvalue weighted by molar-refractivity contribution is 0.581. The number of hydrogen-bond donors (Lipinski definition) is 1. The molecule has 0 amide bonds. The number of benzene rings is 1. The number of rotatable bonds is 5. The Morgan fingerprint density at radius 3 is 2.54 bits per heavy atom. The molecule has 122 valence electrons. The van der Waals surface area contributed by atoms with E-state index in [2.05, 4.69) is 30.6 Å². The first-order valence-electron chi connectivity index (χ1n) is 7.16. The van der Waals surface area contributed by atoms with Gasteiger partial charge in [-0.05, 0) is 51.8 Å². The van der Waals surface area contributed by atoms with E-state index in [9.17, 15) is 8.42 Å². The Labute approximate surface area is 149 Å². The van der Waals surface area contributed by atoms with Crippen LogP contribution in [0.2, 0.25) is 0 Å². The smallest absolute Gasteiger partial charge is 0.241 e. The minimum Gasteiger partial charge on any atom is -0.264 e. The molecule has 3 aromatic rings. The van der Waals surface area contributed by atoms with Crippen LogP contribution < -0.4 is 4.72 Å². The molecule has 0 fully saturated rings. The molecule has 3 rings (SSSR count). The molecule has 0 saturated heterocycles. The molecule has 0 saturated carbocycles. The van der Waals surface area contributed by atoms with Gasteiger partial charge < -0.3 is 0 Å². The maximum Gasteiger partial charge on any atom is 0.241 e. The molecule has 0 spiro atoms. The largest absolute Gasteiger partial charge is 0.264 e. The third-order valence-electron chi connectivity index (χ3n) is 3.41. The zero-order valence-electron chi connectivity index (χ0n) is 12.6. The van der Waals surface area contributed by atoms with Gasteiger partial charge in [0.1, 0.15) is 0 Å². The summed E-state index contributed by atoms with van der Waals surface area (Å²) in [5.74, 6) is 0. The molecule has 0 aliphatic carbocycles. The quantitative estimate of drug-likeness (QED) is 0.708. The molecule has 24 heavy (non-hydrogen) atoms. The van der Waals surface area contributed by atoms with Crippen molar-refractivity contribution in [2.45, 2.75) is 11.4 Å². The maximum absolute atomic E-state index is 12.5. The number of pyridine rings is 2. The highest BCUT2D eigenvalue weighted by Gasteiger charge is 2.17. The van der Waals surface area contributed by atoms with Crippen molar-refractivity contribution in [2.24, 2.45) is 0 Å². The molecule has 5 nitrogen and oxygen atoms in total. The summed E-state index contributed by atoms with van der Waals surface area (Å²) in [4.78, 5) is 8.65. The maximum atomic E-state index is 12.5. The highest BCUT2D eigenvalue weighted by atomic mass is 79.9. The van der Waals surface area contributed by atoms with Crippen LogP contribution in [0.1, 0.15) is 5.56 Å². The fraction of sp³-hybridized carbons (Fsp3) is 0.0588. The van der Waals surface area contributed by atoms with Crippen molar-refractivity contribution < 1.29 is 8.42 Å². The molecule has 0 unspecified atom stereocenters. The fourth-order valence-corrected chi connectivity index (χ4v) is 4.26. The van der Waals surface area contributed by atoms with Crippen LogP contribution in [0, 0.1) is 0 Å². The lowest BCUT2D eigenvalue weighted by Gasteiger charge is -2.11. The van der Waals surface area contributed by atoms with Crippen LogP contribution >= 0.6 is 15.9 Å². The van der Waals surface area contributed by atoms with Crippen molar-refractivity contribution in [1.29, 1.82) is 0 Å². The summed E-state index contributed by atoms with van der Waals surface area (Å²) < 4.78 is 28.1. The van der Waals surface area contributed by atoms with E-state index in [0.29, 0.717) is 10.2 Å². The molecule has 1 N–H and O–H groups in total. The SMILES string of the molecule is O=S(=O)(NCc1cccnc1-c1cccnc1)c1ccccc1Br. The molecule has 0 aliphatic heterocycles. The van der Waals surface area contributed by atoms with Gasteiger partial charge in [0, 0.05) is 35.2 Å². The molecule has 7 heteroatoms. The van der Waals surface area contributed by atoms with Crippen molar-refractivity contribution in [3.63, 3.8) is 0 Å². The number of hydrogen-bond acceptors (Lipinski definition) is 4. The van der Waals surface area contributed by atoms with Gasteiger partial charge in [0.05, 0.1) is 10.6 Å². The van der Waals surface area contributed by atoms with Gasteiger partial charge in [-0.2, -0.15) is 0 Å². The lowest BCUT2D eigenvalue weighted by atomic mass is 10.1. The molecule has 1 aromatic carbocycles. The highest BCUT2D eigenvalue weighted by Crippen LogP contribution is 2.23. The Balaban J connectivity index is 1.87. The highest BCUT2D eigenvalue weighted by molar-refractivity contribution is 9.10. The standard InChI is InChI=1S/C17H14BrN3O2S/c18-15-7-1-2-8-16(15)24(22,23)21-12-14-6-4-10-20-17(14)13-5-3-9-19-11-13/h1-11,21H,12H2. The van der Waals surface area contributed by atoms with Crippen LogP contribution in [0.25, 0.3) is 11.3 Å². The van der Waals surface area contributed by atoms with Gasteiger partial charge in [-0.25, -0.2) is 13.1 Å². The Morgan fingerprint density at radius 2 is 1.79 bits per heavy atom. The first-order valence-corrected chi connectivity index (χ1v) is 9.44. The third kappa shape index (κ3) is 3.69. The first-order chi connectivity index (χ1) is 11.6. The minimum absolute atomic E-state index is 0.141. The number of aromatic nitrogens is 2. The second-order valence-corrected chi connectivity index (χ2v) is 7.60. The number of nitrogens with zero attached hydrogens (tertiary/aromatic N) is 2. The van der Waals surface area contributed by atoms with E-state index in [0.717, 1.165) is 11.1 Å². The van der Waals surface area contributed by atoms with E-state index in [1.165, 1.54) is 0 Å². The number of halogens is 1. The monoisotopic (exact) mass is 403 g/mol. The van der Waals surface area contributed by atoms with Crippen molar-refractivity contribution >= 4 is 26.0 Å². The van der Waals surface area contributed by atoms with Crippen LogP contribution in [0.4, 0.5) is 0 Å². The van der Waals surface area contributed by atoms with E-state index in [4.69, 9.17) is 0 Å². The molecular formula is C17H14BrN3O2S. The fourth-order valence-electron chi connectivity index (χ4n) is 2.26. The predicted molar refractivity (Wildman–Crippen MR) is 95.6 cm³/mol. The van der Waals surface area contributed by atoms with Crippen LogP contribution in [0.3, 0.4) is 0 Å². The Kier molecular flexibility index (Phi) is 5.03. The van der Waals surface area contributed by atoms with Gasteiger partial charge in [0.2, 0.25) is 10.0 Å². The molecule has 0 bridgehead atoms. The van der Waals surface area contributed by atoms with Crippen molar-refractivity contribution in [3.8, 4) is 11.3 Å². The number of nitrogens with one attached hydrogen (secondary N) is 1. The van der Waals surface area contributed by atoms with Crippen molar-refractivity contribution in [1.82, 2.24) is 14.7 Å². The van der Waals surface area contributed by atoms with E-state index in [-0.39, 0.29) is 11.4 Å². The van der Waals surface area contributed by atoms with E-state index in [1.807, 2.05) is 18.2 Å². The van der Waals surface area contributed by atoms with Gasteiger partial charge in [-0.1, -0.05) is 18.2 Å². The van der Waals surface area contributed by atoms with E-state index in [1.54, 1.807) is 48.9 Å². The molecule has 0 radical (unpaired) electrons. The van der Waals surface area contributed by atoms with Gasteiger partial charge in [-0.15, -0.1) is 0 Å². The van der Waals surface area contributed by atoms with Gasteiger partial charge in [0.25, 0.3) is 0 Å². The summed E-state index contributed by atoms with van der Waals surface area (Å²) in [5.41, 5.74) is 2.33. The normalized spacial score (nSPS) is 11.4. The summed E-state index contributed by atoms with van der Waals surface area (Å²) in [7, 11) is -3.63. The van der Waals surface area contributed by atoms with E-state index < -0.39 is 10.0 Å². The van der Waals surface area contributed by atoms with Crippen molar-refractivity contribution in [3.05, 3.63) is 77.2 Å². The second-order valence-electron chi connectivity index (χ2n) is 5.01. The third-order valence-corrected chi connectivity index (χ3v) is 5.82. The summed E-state index contributed by atoms with van der Waals surface area (Å²) in [6.45, 7) is 0.141. The Hall–Kier alpha value is -2.09. The summed E-state index contributed by atoms with van der Waals surface area (Å²) in [6, 6.07) is 14.0. The Morgan fingerprint density at radius 1 is 1.00 bits per heavy atom. The minimum atomic E-state index is -3.63. The topological polar surface area (TPSA) is 72.0 Å². The molecule has 0 atom stereocenters.